The molecule has 1 amide bonds. The van der Waals surface area contributed by atoms with Crippen LogP contribution < -0.4 is 10.1 Å². The van der Waals surface area contributed by atoms with Crippen LogP contribution in [-0.2, 0) is 17.9 Å². The molecule has 0 saturated heterocycles. The highest BCUT2D eigenvalue weighted by Crippen LogP contribution is 2.29. The van der Waals surface area contributed by atoms with Gasteiger partial charge in [0.05, 0.1) is 0 Å². The molecule has 0 saturated carbocycles. The van der Waals surface area contributed by atoms with Crippen LogP contribution in [0.4, 0.5) is 0 Å². The number of hydrogen-bond donors (Lipinski definition) is 1. The number of nitrogens with one attached hydrogen (secondary N) is 1. The van der Waals surface area contributed by atoms with Crippen LogP contribution in [0.1, 0.15) is 28.8 Å². The van der Waals surface area contributed by atoms with Crippen molar-refractivity contribution in [3.8, 4) is 11.6 Å². The smallest absolute Gasteiger partial charge is 0.224 e. The minimum absolute atomic E-state index is 0.0354. The van der Waals surface area contributed by atoms with Gasteiger partial charge in [-0.2, -0.15) is 5.10 Å². The highest BCUT2D eigenvalue weighted by molar-refractivity contribution is 5.75. The first-order valence-corrected chi connectivity index (χ1v) is 8.97. The average Bonchev–Trinajstić information content (AvgIpc) is 3.07. The van der Waals surface area contributed by atoms with E-state index in [4.69, 9.17) is 4.74 Å². The second-order valence-electron chi connectivity index (χ2n) is 6.51. The Kier molecular flexibility index (Phi) is 5.86. The summed E-state index contributed by atoms with van der Waals surface area (Å²) >= 11 is 0. The Morgan fingerprint density at radius 1 is 1.07 bits per heavy atom. The zero-order valence-corrected chi connectivity index (χ0v) is 15.9. The first-order valence-electron chi connectivity index (χ1n) is 8.97. The molecule has 0 atom stereocenters. The van der Waals surface area contributed by atoms with Crippen molar-refractivity contribution in [2.24, 2.45) is 0 Å². The third-order valence-corrected chi connectivity index (χ3v) is 4.41. The molecule has 0 aliphatic rings. The number of aryl methyl sites for hydroxylation is 4. The molecule has 0 unspecified atom stereocenters. The molecule has 6 heteroatoms. The lowest BCUT2D eigenvalue weighted by molar-refractivity contribution is -0.121. The summed E-state index contributed by atoms with van der Waals surface area (Å²) in [5, 5.41) is 7.13. The first kappa shape index (κ1) is 18.6. The molecular weight excluding hydrogens is 340 g/mol. The van der Waals surface area contributed by atoms with Gasteiger partial charge in [0.15, 0.2) is 0 Å². The number of carbonyl (C=O) groups is 1. The molecular formula is C21H24N4O2. The van der Waals surface area contributed by atoms with Crippen LogP contribution >= 0.6 is 0 Å². The van der Waals surface area contributed by atoms with Crippen LogP contribution in [0.3, 0.4) is 0 Å². The molecule has 0 spiro atoms. The normalized spacial score (nSPS) is 10.6. The van der Waals surface area contributed by atoms with Crippen molar-refractivity contribution in [3.63, 3.8) is 0 Å². The second-order valence-corrected chi connectivity index (χ2v) is 6.51. The van der Waals surface area contributed by atoms with E-state index in [-0.39, 0.29) is 5.91 Å². The summed E-state index contributed by atoms with van der Waals surface area (Å²) in [6, 6.07) is 11.7. The standard InChI is InChI=1S/C21H24N4O2/c1-15-6-4-7-16(2)20(15)27-21-18(8-5-11-22-21)14-23-19(26)10-13-25-17(3)9-12-24-25/h4-9,11-12H,10,13-14H2,1-3H3,(H,23,26). The van der Waals surface area contributed by atoms with E-state index in [1.807, 2.05) is 61.9 Å². The monoisotopic (exact) mass is 364 g/mol. The van der Waals surface area contributed by atoms with Gasteiger partial charge in [-0.25, -0.2) is 4.98 Å². The zero-order valence-electron chi connectivity index (χ0n) is 15.9. The number of nitrogens with zero attached hydrogens (tertiary/aromatic N) is 3. The van der Waals surface area contributed by atoms with Gasteiger partial charge in [-0.05, 0) is 44.0 Å². The minimum Gasteiger partial charge on any atom is -0.438 e. The van der Waals surface area contributed by atoms with Crippen LogP contribution in [0.5, 0.6) is 11.6 Å². The fourth-order valence-electron chi connectivity index (χ4n) is 2.83. The summed E-state index contributed by atoms with van der Waals surface area (Å²) in [7, 11) is 0. The molecule has 2 aromatic heterocycles. The van der Waals surface area contributed by atoms with Gasteiger partial charge in [-0.1, -0.05) is 24.3 Å². The van der Waals surface area contributed by atoms with Gasteiger partial charge < -0.3 is 10.1 Å². The Hall–Kier alpha value is -3.15. The Morgan fingerprint density at radius 3 is 2.56 bits per heavy atom. The summed E-state index contributed by atoms with van der Waals surface area (Å²) in [5.74, 6) is 1.28. The van der Waals surface area contributed by atoms with Crippen LogP contribution in [-0.4, -0.2) is 20.7 Å². The lowest BCUT2D eigenvalue weighted by atomic mass is 10.1. The third kappa shape index (κ3) is 4.73. The number of pyridine rings is 1. The molecule has 0 aliphatic carbocycles. The van der Waals surface area contributed by atoms with Crippen molar-refractivity contribution in [1.82, 2.24) is 20.1 Å². The molecule has 27 heavy (non-hydrogen) atoms. The van der Waals surface area contributed by atoms with Crippen LogP contribution in [0, 0.1) is 20.8 Å². The second kappa shape index (κ2) is 8.49. The molecule has 0 bridgehead atoms. The fourth-order valence-corrected chi connectivity index (χ4v) is 2.83. The Balaban J connectivity index is 1.62. The largest absolute Gasteiger partial charge is 0.438 e. The van der Waals surface area contributed by atoms with Gasteiger partial charge in [0.2, 0.25) is 11.8 Å². The van der Waals surface area contributed by atoms with Crippen molar-refractivity contribution in [2.45, 2.75) is 40.3 Å². The molecule has 1 aromatic carbocycles. The molecule has 3 aromatic rings. The van der Waals surface area contributed by atoms with Crippen LogP contribution in [0.15, 0.2) is 48.8 Å². The van der Waals surface area contributed by atoms with Crippen molar-refractivity contribution in [1.29, 1.82) is 0 Å². The van der Waals surface area contributed by atoms with Gasteiger partial charge in [0, 0.05) is 43.2 Å². The topological polar surface area (TPSA) is 69.0 Å². The van der Waals surface area contributed by atoms with E-state index in [1.165, 1.54) is 0 Å². The Morgan fingerprint density at radius 2 is 1.85 bits per heavy atom. The van der Waals surface area contributed by atoms with E-state index in [2.05, 4.69) is 15.4 Å². The quantitative estimate of drug-likeness (QED) is 0.694. The molecule has 0 aliphatic heterocycles. The van der Waals surface area contributed by atoms with E-state index >= 15 is 0 Å². The zero-order chi connectivity index (χ0) is 19.2. The Labute approximate surface area is 159 Å². The number of aromatic nitrogens is 3. The molecule has 140 valence electrons. The molecule has 1 N–H and O–H groups in total. The number of amides is 1. The third-order valence-electron chi connectivity index (χ3n) is 4.41. The fraction of sp³-hybridized carbons (Fsp3) is 0.286. The number of ether oxygens (including phenoxy) is 1. The number of hydrogen-bond acceptors (Lipinski definition) is 4. The van der Waals surface area contributed by atoms with Gasteiger partial charge in [0.1, 0.15) is 5.75 Å². The van der Waals surface area contributed by atoms with E-state index in [0.29, 0.717) is 25.4 Å². The minimum atomic E-state index is -0.0354. The number of carbonyl (C=O) groups excluding carboxylic acids is 1. The van der Waals surface area contributed by atoms with Crippen molar-refractivity contribution in [3.05, 3.63) is 71.2 Å². The van der Waals surface area contributed by atoms with Crippen molar-refractivity contribution >= 4 is 5.91 Å². The maximum Gasteiger partial charge on any atom is 0.224 e. The van der Waals surface area contributed by atoms with E-state index < -0.39 is 0 Å². The molecule has 6 nitrogen and oxygen atoms in total. The summed E-state index contributed by atoms with van der Waals surface area (Å²) in [5.41, 5.74) is 3.97. The number of para-hydroxylation sites is 1. The van der Waals surface area contributed by atoms with E-state index in [0.717, 1.165) is 28.1 Å². The average molecular weight is 364 g/mol. The highest BCUT2D eigenvalue weighted by Gasteiger charge is 2.11. The van der Waals surface area contributed by atoms with Crippen molar-refractivity contribution < 1.29 is 9.53 Å². The summed E-state index contributed by atoms with van der Waals surface area (Å²) < 4.78 is 7.88. The Bertz CT molecular complexity index is 913. The lowest BCUT2D eigenvalue weighted by Gasteiger charge is -2.14. The van der Waals surface area contributed by atoms with Gasteiger partial charge in [-0.3, -0.25) is 9.48 Å². The van der Waals surface area contributed by atoms with Gasteiger partial charge in [0.25, 0.3) is 0 Å². The number of benzene rings is 1. The van der Waals surface area contributed by atoms with Gasteiger partial charge >= 0.3 is 0 Å². The maximum absolute atomic E-state index is 12.2. The highest BCUT2D eigenvalue weighted by atomic mass is 16.5. The summed E-state index contributed by atoms with van der Waals surface area (Å²) in [4.78, 5) is 16.5. The van der Waals surface area contributed by atoms with Crippen LogP contribution in [0.2, 0.25) is 0 Å². The molecule has 2 heterocycles. The number of rotatable bonds is 7. The van der Waals surface area contributed by atoms with Gasteiger partial charge in [-0.15, -0.1) is 0 Å². The maximum atomic E-state index is 12.2. The first-order chi connectivity index (χ1) is 13.0. The molecule has 0 fully saturated rings. The molecule has 0 radical (unpaired) electrons. The summed E-state index contributed by atoms with van der Waals surface area (Å²) in [6.07, 6.45) is 3.80. The predicted molar refractivity (Wildman–Crippen MR) is 104 cm³/mol. The van der Waals surface area contributed by atoms with Crippen LogP contribution in [0.25, 0.3) is 0 Å². The predicted octanol–water partition coefficient (Wildman–Crippen LogP) is 3.70. The molecule has 3 rings (SSSR count). The van der Waals surface area contributed by atoms with Crippen molar-refractivity contribution in [2.75, 3.05) is 0 Å². The summed E-state index contributed by atoms with van der Waals surface area (Å²) in [6.45, 7) is 6.90. The lowest BCUT2D eigenvalue weighted by Crippen LogP contribution is -2.24. The SMILES string of the molecule is Cc1cccc(C)c1Oc1ncccc1CNC(=O)CCn1nccc1C. The van der Waals surface area contributed by atoms with E-state index in [1.54, 1.807) is 12.4 Å². The van der Waals surface area contributed by atoms with E-state index in [9.17, 15) is 4.79 Å².